The summed E-state index contributed by atoms with van der Waals surface area (Å²) in [6.07, 6.45) is -4.45. The van der Waals surface area contributed by atoms with E-state index in [1.165, 1.54) is 22.9 Å². The summed E-state index contributed by atoms with van der Waals surface area (Å²) in [6, 6.07) is 8.17. The number of carbonyl (C=O) groups excluding carboxylic acids is 2. The molecule has 0 bridgehead atoms. The van der Waals surface area contributed by atoms with Gasteiger partial charge in [0.05, 0.1) is 28.9 Å². The van der Waals surface area contributed by atoms with Crippen molar-refractivity contribution in [3.8, 4) is 11.1 Å². The van der Waals surface area contributed by atoms with Crippen molar-refractivity contribution in [2.45, 2.75) is 26.6 Å². The van der Waals surface area contributed by atoms with E-state index >= 15 is 0 Å². The summed E-state index contributed by atoms with van der Waals surface area (Å²) in [5.41, 5.74) is 12.0. The highest BCUT2D eigenvalue weighted by molar-refractivity contribution is 6.15. The molecule has 0 aliphatic heterocycles. The first-order chi connectivity index (χ1) is 16.4. The summed E-state index contributed by atoms with van der Waals surface area (Å²) in [5.74, 6) is -2.46. The largest absolute Gasteiger partial charge is 0.416 e. The van der Waals surface area contributed by atoms with Crippen LogP contribution in [-0.2, 0) is 12.7 Å². The number of hydrogen-bond acceptors (Lipinski definition) is 4. The first kappa shape index (κ1) is 23.9. The van der Waals surface area contributed by atoms with E-state index in [9.17, 15) is 27.2 Å². The average Bonchev–Trinajstić information content (AvgIpc) is 3.04. The quantitative estimate of drug-likeness (QED) is 0.414. The summed E-state index contributed by atoms with van der Waals surface area (Å²) in [6.45, 7) is 3.43. The van der Waals surface area contributed by atoms with Crippen LogP contribution < -0.4 is 11.5 Å². The van der Waals surface area contributed by atoms with E-state index in [0.717, 1.165) is 24.3 Å². The number of benzene rings is 2. The maximum absolute atomic E-state index is 13.8. The predicted octanol–water partition coefficient (Wildman–Crippen LogP) is 4.12. The molecule has 2 aromatic heterocycles. The molecule has 0 saturated carbocycles. The molecule has 2 heterocycles. The molecule has 180 valence electrons. The Kier molecular flexibility index (Phi) is 5.79. The standard InChI is InChI=1S/C24H19F4N5O2/c1-11-18(12(2)33(32-11)10-13-3-5-14(6-4-13)24(26,27)28)20-19(22(29)34)16-8-7-15(25)9-17(16)31-21(20)23(30)35/h3-9H,10H2,1-2H3,(H2,29,34)(H2,30,35). The van der Waals surface area contributed by atoms with Gasteiger partial charge in [-0.2, -0.15) is 18.3 Å². The number of halogens is 4. The molecular formula is C24H19F4N5O2. The first-order valence-electron chi connectivity index (χ1n) is 10.3. The van der Waals surface area contributed by atoms with E-state index in [1.807, 2.05) is 0 Å². The monoisotopic (exact) mass is 485 g/mol. The van der Waals surface area contributed by atoms with Crippen molar-refractivity contribution in [3.63, 3.8) is 0 Å². The number of aromatic nitrogens is 3. The van der Waals surface area contributed by atoms with Gasteiger partial charge in [0.25, 0.3) is 5.91 Å². The molecule has 2 amide bonds. The number of nitrogens with zero attached hydrogens (tertiary/aromatic N) is 3. The molecule has 11 heteroatoms. The van der Waals surface area contributed by atoms with Crippen LogP contribution in [0.4, 0.5) is 17.6 Å². The van der Waals surface area contributed by atoms with Crippen molar-refractivity contribution in [3.05, 3.63) is 82.1 Å². The number of amides is 2. The second-order valence-electron chi connectivity index (χ2n) is 8.00. The van der Waals surface area contributed by atoms with E-state index < -0.39 is 29.4 Å². The van der Waals surface area contributed by atoms with Crippen molar-refractivity contribution < 1.29 is 27.2 Å². The highest BCUT2D eigenvalue weighted by Crippen LogP contribution is 2.36. The number of rotatable bonds is 5. The maximum Gasteiger partial charge on any atom is 0.416 e. The number of fused-ring (bicyclic) bond motifs is 1. The summed E-state index contributed by atoms with van der Waals surface area (Å²) in [7, 11) is 0. The number of aryl methyl sites for hydroxylation is 1. The van der Waals surface area contributed by atoms with Gasteiger partial charge < -0.3 is 11.5 Å². The number of primary amides is 2. The van der Waals surface area contributed by atoms with E-state index in [1.54, 1.807) is 13.8 Å². The van der Waals surface area contributed by atoms with Crippen LogP contribution >= 0.6 is 0 Å². The molecule has 0 radical (unpaired) electrons. The van der Waals surface area contributed by atoms with Gasteiger partial charge in [0.15, 0.2) is 0 Å². The molecule has 0 atom stereocenters. The van der Waals surface area contributed by atoms with Gasteiger partial charge in [-0.25, -0.2) is 9.37 Å². The van der Waals surface area contributed by atoms with Crippen molar-refractivity contribution in [1.82, 2.24) is 14.8 Å². The van der Waals surface area contributed by atoms with E-state index in [4.69, 9.17) is 11.5 Å². The van der Waals surface area contributed by atoms with E-state index in [0.29, 0.717) is 22.5 Å². The lowest BCUT2D eigenvalue weighted by molar-refractivity contribution is -0.137. The Morgan fingerprint density at radius 3 is 2.20 bits per heavy atom. The summed E-state index contributed by atoms with van der Waals surface area (Å²) in [4.78, 5) is 29.1. The fourth-order valence-electron chi connectivity index (χ4n) is 4.10. The van der Waals surface area contributed by atoms with Crippen LogP contribution in [0.5, 0.6) is 0 Å². The Morgan fingerprint density at radius 2 is 1.63 bits per heavy atom. The van der Waals surface area contributed by atoms with Crippen molar-refractivity contribution in [2.24, 2.45) is 11.5 Å². The number of alkyl halides is 3. The van der Waals surface area contributed by atoms with Gasteiger partial charge in [-0.15, -0.1) is 0 Å². The van der Waals surface area contributed by atoms with E-state index in [-0.39, 0.29) is 34.3 Å². The lowest BCUT2D eigenvalue weighted by Gasteiger charge is -2.15. The number of pyridine rings is 1. The van der Waals surface area contributed by atoms with Gasteiger partial charge in [0.1, 0.15) is 11.5 Å². The molecule has 7 nitrogen and oxygen atoms in total. The number of hydrogen-bond donors (Lipinski definition) is 2. The Bertz CT molecular complexity index is 1490. The molecule has 0 aliphatic carbocycles. The SMILES string of the molecule is Cc1nn(Cc2ccc(C(F)(F)F)cc2)c(C)c1-c1c(C(N)=O)nc2cc(F)ccc2c1C(N)=O. The van der Waals surface area contributed by atoms with Crippen LogP contribution in [0, 0.1) is 19.7 Å². The fourth-order valence-corrected chi connectivity index (χ4v) is 4.10. The van der Waals surface area contributed by atoms with Crippen LogP contribution in [0.1, 0.15) is 43.4 Å². The zero-order valence-electron chi connectivity index (χ0n) is 18.6. The normalized spacial score (nSPS) is 11.7. The maximum atomic E-state index is 13.8. The molecule has 0 fully saturated rings. The van der Waals surface area contributed by atoms with Crippen LogP contribution in [0.15, 0.2) is 42.5 Å². The van der Waals surface area contributed by atoms with Crippen molar-refractivity contribution in [1.29, 1.82) is 0 Å². The third kappa shape index (κ3) is 4.32. The molecule has 2 aromatic carbocycles. The molecule has 0 unspecified atom stereocenters. The van der Waals surface area contributed by atoms with Crippen molar-refractivity contribution >= 4 is 22.7 Å². The number of carbonyl (C=O) groups is 2. The smallest absolute Gasteiger partial charge is 0.366 e. The highest BCUT2D eigenvalue weighted by Gasteiger charge is 2.30. The van der Waals surface area contributed by atoms with Crippen LogP contribution in [-0.4, -0.2) is 26.6 Å². The second kappa shape index (κ2) is 8.49. The lowest BCUT2D eigenvalue weighted by Crippen LogP contribution is -2.21. The van der Waals surface area contributed by atoms with Crippen LogP contribution in [0.25, 0.3) is 22.0 Å². The molecule has 4 rings (SSSR count). The molecule has 0 aliphatic rings. The zero-order valence-corrected chi connectivity index (χ0v) is 18.6. The molecule has 4 N–H and O–H groups in total. The predicted molar refractivity (Wildman–Crippen MR) is 120 cm³/mol. The molecule has 0 saturated heterocycles. The fraction of sp³-hybridized carbons (Fsp3) is 0.167. The van der Waals surface area contributed by atoms with E-state index in [2.05, 4.69) is 10.1 Å². The Labute approximate surface area is 196 Å². The molecule has 0 spiro atoms. The van der Waals surface area contributed by atoms with Crippen molar-refractivity contribution in [2.75, 3.05) is 0 Å². The summed E-state index contributed by atoms with van der Waals surface area (Å²) >= 11 is 0. The van der Waals surface area contributed by atoms with Gasteiger partial charge in [-0.1, -0.05) is 12.1 Å². The average molecular weight is 485 g/mol. The number of nitrogens with two attached hydrogens (primary N) is 2. The molecular weight excluding hydrogens is 466 g/mol. The third-order valence-corrected chi connectivity index (χ3v) is 5.67. The highest BCUT2D eigenvalue weighted by atomic mass is 19.4. The Balaban J connectivity index is 1.90. The lowest BCUT2D eigenvalue weighted by atomic mass is 9.92. The van der Waals surface area contributed by atoms with Gasteiger partial charge >= 0.3 is 6.18 Å². The van der Waals surface area contributed by atoms with Gasteiger partial charge in [-0.3, -0.25) is 14.3 Å². The Morgan fingerprint density at radius 1 is 0.971 bits per heavy atom. The summed E-state index contributed by atoms with van der Waals surface area (Å²) < 4.78 is 54.0. The topological polar surface area (TPSA) is 117 Å². The van der Waals surface area contributed by atoms with Gasteiger partial charge in [0, 0.05) is 28.3 Å². The minimum absolute atomic E-state index is 0.0313. The second-order valence-corrected chi connectivity index (χ2v) is 8.00. The molecule has 35 heavy (non-hydrogen) atoms. The zero-order chi connectivity index (χ0) is 25.7. The minimum atomic E-state index is -4.45. The van der Waals surface area contributed by atoms with Gasteiger partial charge in [-0.05, 0) is 43.7 Å². The molecule has 4 aromatic rings. The first-order valence-corrected chi connectivity index (χ1v) is 10.3. The third-order valence-electron chi connectivity index (χ3n) is 5.67. The van der Waals surface area contributed by atoms with Crippen LogP contribution in [0.3, 0.4) is 0 Å². The van der Waals surface area contributed by atoms with Gasteiger partial charge in [0.2, 0.25) is 5.91 Å². The Hall–Kier alpha value is -4.28. The summed E-state index contributed by atoms with van der Waals surface area (Å²) in [5, 5.41) is 4.68. The van der Waals surface area contributed by atoms with Crippen LogP contribution in [0.2, 0.25) is 0 Å². The minimum Gasteiger partial charge on any atom is -0.366 e.